The normalized spacial score (nSPS) is 18.2. The summed E-state index contributed by atoms with van der Waals surface area (Å²) in [5.74, 6) is 0.00393. The highest BCUT2D eigenvalue weighted by Gasteiger charge is 2.17. The molecule has 3 N–H and O–H groups in total. The molecule has 5 rings (SSSR count). The molecule has 0 bridgehead atoms. The van der Waals surface area contributed by atoms with E-state index in [0.29, 0.717) is 13.2 Å². The summed E-state index contributed by atoms with van der Waals surface area (Å²) in [5.41, 5.74) is 11.2. The Morgan fingerprint density at radius 3 is 2.41 bits per heavy atom. The standard InChI is InChI=1S/C15H21N5O2.C10H12/c1-19-4-6-20(7-5-19)9-14(21)17-12-2-3-13-11(8-12)10-22-15(16)18-13;1-2-6-10-8-4-3-7-9(10)5-1/h2-3,8H,4-7,9-10H2,1H3,(H2,16,18)(H,17,21);1-2,5-6H,3-4,7-8H2. The number of likely N-dealkylation sites (N-methyl/N-ethyl adjacent to an activating group) is 1. The number of amides is 1. The highest BCUT2D eigenvalue weighted by molar-refractivity contribution is 5.92. The smallest absolute Gasteiger partial charge is 0.287 e. The largest absolute Gasteiger partial charge is 0.460 e. The zero-order valence-corrected chi connectivity index (χ0v) is 18.8. The molecule has 2 aliphatic heterocycles. The fourth-order valence-electron chi connectivity index (χ4n) is 4.28. The third-order valence-corrected chi connectivity index (χ3v) is 6.19. The van der Waals surface area contributed by atoms with Crippen LogP contribution in [0.15, 0.2) is 47.5 Å². The van der Waals surface area contributed by atoms with E-state index in [0.717, 1.165) is 43.1 Å². The first kappa shape index (κ1) is 22.3. The summed E-state index contributed by atoms with van der Waals surface area (Å²) in [6.07, 6.45) is 5.38. The van der Waals surface area contributed by atoms with Gasteiger partial charge in [0.2, 0.25) is 5.91 Å². The fourth-order valence-corrected chi connectivity index (χ4v) is 4.28. The number of nitrogens with one attached hydrogen (secondary N) is 1. The summed E-state index contributed by atoms with van der Waals surface area (Å²) in [6.45, 7) is 4.66. The van der Waals surface area contributed by atoms with Crippen LogP contribution < -0.4 is 11.1 Å². The van der Waals surface area contributed by atoms with E-state index in [1.807, 2.05) is 18.2 Å². The van der Waals surface area contributed by atoms with Crippen molar-refractivity contribution in [3.8, 4) is 0 Å². The minimum Gasteiger partial charge on any atom is -0.460 e. The van der Waals surface area contributed by atoms with Gasteiger partial charge in [0, 0.05) is 37.4 Å². The van der Waals surface area contributed by atoms with Gasteiger partial charge in [-0.2, -0.15) is 4.99 Å². The van der Waals surface area contributed by atoms with Crippen molar-refractivity contribution in [2.24, 2.45) is 10.7 Å². The summed E-state index contributed by atoms with van der Waals surface area (Å²) in [5, 5.41) is 2.93. The summed E-state index contributed by atoms with van der Waals surface area (Å²) in [7, 11) is 2.10. The Bertz CT molecular complexity index is 942. The predicted octanol–water partition coefficient (Wildman–Crippen LogP) is 2.91. The molecule has 1 fully saturated rings. The molecule has 2 heterocycles. The molecule has 2 aromatic carbocycles. The monoisotopic (exact) mass is 435 g/mol. The molecule has 0 spiro atoms. The molecule has 0 atom stereocenters. The van der Waals surface area contributed by atoms with Gasteiger partial charge in [0.05, 0.1) is 12.2 Å². The van der Waals surface area contributed by atoms with Gasteiger partial charge in [0.1, 0.15) is 6.61 Å². The van der Waals surface area contributed by atoms with Crippen LogP contribution in [0.4, 0.5) is 11.4 Å². The summed E-state index contributed by atoms with van der Waals surface area (Å²) in [6, 6.07) is 14.5. The third-order valence-electron chi connectivity index (χ3n) is 6.19. The number of hydrogen-bond donors (Lipinski definition) is 2. The van der Waals surface area contributed by atoms with Gasteiger partial charge in [-0.1, -0.05) is 24.3 Å². The van der Waals surface area contributed by atoms with Gasteiger partial charge in [0.15, 0.2) is 0 Å². The number of carbonyl (C=O) groups excluding carboxylic acids is 1. The number of carbonyl (C=O) groups is 1. The number of aliphatic imine (C=N–C) groups is 1. The highest BCUT2D eigenvalue weighted by atomic mass is 16.5. The van der Waals surface area contributed by atoms with Gasteiger partial charge in [0.25, 0.3) is 6.02 Å². The van der Waals surface area contributed by atoms with Crippen LogP contribution in [-0.2, 0) is 29.0 Å². The number of aryl methyl sites for hydroxylation is 2. The number of benzene rings is 2. The number of fused-ring (bicyclic) bond motifs is 2. The summed E-state index contributed by atoms with van der Waals surface area (Å²) < 4.78 is 5.20. The van der Waals surface area contributed by atoms with Gasteiger partial charge >= 0.3 is 0 Å². The lowest BCUT2D eigenvalue weighted by atomic mass is 9.92. The maximum absolute atomic E-state index is 12.1. The van der Waals surface area contributed by atoms with Crippen molar-refractivity contribution < 1.29 is 9.53 Å². The Morgan fingerprint density at radius 2 is 1.72 bits per heavy atom. The first-order valence-electron chi connectivity index (χ1n) is 11.4. The van der Waals surface area contributed by atoms with Crippen LogP contribution in [0.1, 0.15) is 29.5 Å². The van der Waals surface area contributed by atoms with Crippen LogP contribution in [0, 0.1) is 0 Å². The van der Waals surface area contributed by atoms with Crippen LogP contribution in [0.5, 0.6) is 0 Å². The minimum atomic E-state index is 0.00393. The molecule has 7 heteroatoms. The molecule has 3 aliphatic rings. The molecule has 170 valence electrons. The molecule has 0 unspecified atom stereocenters. The summed E-state index contributed by atoms with van der Waals surface area (Å²) >= 11 is 0. The number of rotatable bonds is 3. The fraction of sp³-hybridized carbons (Fsp3) is 0.440. The van der Waals surface area contributed by atoms with Crippen LogP contribution in [0.2, 0.25) is 0 Å². The third kappa shape index (κ3) is 6.08. The number of hydrogen-bond acceptors (Lipinski definition) is 6. The molecule has 1 saturated heterocycles. The molecular formula is C25H33N5O2. The lowest BCUT2D eigenvalue weighted by Crippen LogP contribution is -2.47. The summed E-state index contributed by atoms with van der Waals surface area (Å²) in [4.78, 5) is 20.7. The number of anilines is 1. The van der Waals surface area contributed by atoms with E-state index < -0.39 is 0 Å². The zero-order valence-electron chi connectivity index (χ0n) is 18.8. The minimum absolute atomic E-state index is 0.00393. The highest BCUT2D eigenvalue weighted by Crippen LogP contribution is 2.27. The van der Waals surface area contributed by atoms with Gasteiger partial charge in [-0.05, 0) is 62.1 Å². The second kappa shape index (κ2) is 10.6. The van der Waals surface area contributed by atoms with Gasteiger partial charge < -0.3 is 20.7 Å². The van der Waals surface area contributed by atoms with Gasteiger partial charge in [-0.25, -0.2) is 0 Å². The van der Waals surface area contributed by atoms with Crippen molar-refractivity contribution in [3.63, 3.8) is 0 Å². The maximum Gasteiger partial charge on any atom is 0.287 e. The van der Waals surface area contributed by atoms with E-state index in [1.54, 1.807) is 11.1 Å². The Kier molecular flexibility index (Phi) is 7.39. The molecule has 1 aliphatic carbocycles. The molecule has 0 saturated carbocycles. The molecule has 0 radical (unpaired) electrons. The van der Waals surface area contributed by atoms with Crippen molar-refractivity contribution in [1.29, 1.82) is 0 Å². The molecule has 1 amide bonds. The predicted molar refractivity (Wildman–Crippen MR) is 128 cm³/mol. The molecule has 0 aromatic heterocycles. The van der Waals surface area contributed by atoms with E-state index in [4.69, 9.17) is 10.5 Å². The van der Waals surface area contributed by atoms with E-state index in [1.165, 1.54) is 25.7 Å². The van der Waals surface area contributed by atoms with Crippen molar-refractivity contribution in [2.45, 2.75) is 32.3 Å². The van der Waals surface area contributed by atoms with Crippen molar-refractivity contribution in [2.75, 3.05) is 45.1 Å². The van der Waals surface area contributed by atoms with Crippen molar-refractivity contribution in [3.05, 3.63) is 59.2 Å². The van der Waals surface area contributed by atoms with Crippen LogP contribution in [0.25, 0.3) is 0 Å². The Morgan fingerprint density at radius 1 is 1.03 bits per heavy atom. The van der Waals surface area contributed by atoms with Crippen LogP contribution in [0.3, 0.4) is 0 Å². The number of nitrogens with two attached hydrogens (primary N) is 1. The molecule has 32 heavy (non-hydrogen) atoms. The lowest BCUT2D eigenvalue weighted by molar-refractivity contribution is -0.117. The zero-order chi connectivity index (χ0) is 22.3. The Labute approximate surface area is 190 Å². The SMILES string of the molecule is CN1CCN(CC(=O)Nc2ccc3c(c2)COC(N)=N3)CC1.c1ccc2c(c1)CCCC2. The van der Waals surface area contributed by atoms with Crippen LogP contribution in [-0.4, -0.2) is 61.5 Å². The number of piperazine rings is 1. The Balaban J connectivity index is 0.000000203. The number of nitrogens with zero attached hydrogens (tertiary/aromatic N) is 3. The quantitative estimate of drug-likeness (QED) is 0.775. The van der Waals surface area contributed by atoms with Gasteiger partial charge in [-0.15, -0.1) is 0 Å². The Hall–Kier alpha value is -2.90. The van der Waals surface area contributed by atoms with Crippen LogP contribution >= 0.6 is 0 Å². The average Bonchev–Trinajstić information content (AvgIpc) is 2.81. The average molecular weight is 436 g/mol. The van der Waals surface area contributed by atoms with E-state index in [9.17, 15) is 4.79 Å². The molecule has 7 nitrogen and oxygen atoms in total. The number of amidine groups is 1. The maximum atomic E-state index is 12.1. The molecular weight excluding hydrogens is 402 g/mol. The second-order valence-corrected chi connectivity index (χ2v) is 8.69. The first-order chi connectivity index (χ1) is 15.6. The van der Waals surface area contributed by atoms with Gasteiger partial charge in [-0.3, -0.25) is 9.69 Å². The first-order valence-corrected chi connectivity index (χ1v) is 11.4. The van der Waals surface area contributed by atoms with Crippen molar-refractivity contribution in [1.82, 2.24) is 9.80 Å². The topological polar surface area (TPSA) is 83.2 Å². The van der Waals surface area contributed by atoms with Crippen molar-refractivity contribution >= 4 is 23.3 Å². The van der Waals surface area contributed by atoms with E-state index in [-0.39, 0.29) is 11.9 Å². The number of ether oxygens (including phenoxy) is 1. The second-order valence-electron chi connectivity index (χ2n) is 8.69. The van der Waals surface area contributed by atoms with E-state index in [2.05, 4.69) is 51.4 Å². The molecule has 2 aromatic rings. The lowest BCUT2D eigenvalue weighted by Gasteiger charge is -2.31. The van der Waals surface area contributed by atoms with E-state index >= 15 is 0 Å².